The van der Waals surface area contributed by atoms with E-state index in [1.807, 2.05) is 30.3 Å². The lowest BCUT2D eigenvalue weighted by Crippen LogP contribution is -2.10. The molecule has 0 amide bonds. The maximum Gasteiger partial charge on any atom is 0.167 e. The predicted molar refractivity (Wildman–Crippen MR) is 106 cm³/mol. The molecular formula is C20H20FN5O. The van der Waals surface area contributed by atoms with Gasteiger partial charge in [0, 0.05) is 24.4 Å². The summed E-state index contributed by atoms with van der Waals surface area (Å²) in [5.41, 5.74) is 2.67. The van der Waals surface area contributed by atoms with Crippen LogP contribution in [0.15, 0.2) is 48.5 Å². The van der Waals surface area contributed by atoms with Crippen LogP contribution in [0.2, 0.25) is 0 Å². The number of nitrogens with one attached hydrogen (secondary N) is 3. The molecule has 0 bridgehead atoms. The van der Waals surface area contributed by atoms with Crippen molar-refractivity contribution in [3.05, 3.63) is 60.0 Å². The van der Waals surface area contributed by atoms with Crippen molar-refractivity contribution in [3.63, 3.8) is 0 Å². The van der Waals surface area contributed by atoms with Crippen LogP contribution in [0.1, 0.15) is 12.6 Å². The zero-order chi connectivity index (χ0) is 19.4. The number of benzene rings is 2. The topological polar surface area (TPSA) is 82.9 Å². The van der Waals surface area contributed by atoms with Crippen molar-refractivity contribution in [3.8, 4) is 17.1 Å². The van der Waals surface area contributed by atoms with Crippen molar-refractivity contribution in [1.82, 2.24) is 9.97 Å². The van der Waals surface area contributed by atoms with Gasteiger partial charge in [0.15, 0.2) is 23.2 Å². The van der Waals surface area contributed by atoms with E-state index in [2.05, 4.69) is 20.6 Å². The van der Waals surface area contributed by atoms with E-state index in [0.29, 0.717) is 34.4 Å². The van der Waals surface area contributed by atoms with Crippen LogP contribution in [0.3, 0.4) is 0 Å². The standard InChI is InChI=1S/C20H20FN5O/c1-12(22)17-18(23-2)20(24-14-9-10-16(27-3)15(21)11-14)26-19(25-17)13-7-5-4-6-8-13/h4-11,22-23H,1-3H3,(H,24,25,26). The van der Waals surface area contributed by atoms with Gasteiger partial charge >= 0.3 is 0 Å². The Bertz CT molecular complexity index is 976. The maximum absolute atomic E-state index is 14.0. The number of halogens is 1. The van der Waals surface area contributed by atoms with E-state index < -0.39 is 5.82 Å². The minimum Gasteiger partial charge on any atom is -0.494 e. The normalized spacial score (nSPS) is 10.4. The Balaban J connectivity index is 2.11. The molecule has 0 aliphatic carbocycles. The molecule has 7 heteroatoms. The van der Waals surface area contributed by atoms with Crippen molar-refractivity contribution in [2.45, 2.75) is 6.92 Å². The van der Waals surface area contributed by atoms with Gasteiger partial charge in [-0.3, -0.25) is 0 Å². The molecular weight excluding hydrogens is 345 g/mol. The van der Waals surface area contributed by atoms with Gasteiger partial charge in [-0.05, 0) is 19.1 Å². The number of rotatable bonds is 6. The molecule has 1 aromatic heterocycles. The number of nitrogens with zero attached hydrogens (tertiary/aromatic N) is 2. The van der Waals surface area contributed by atoms with Crippen LogP contribution in [-0.2, 0) is 0 Å². The summed E-state index contributed by atoms with van der Waals surface area (Å²) in [4.78, 5) is 9.12. The first-order valence-electron chi connectivity index (χ1n) is 8.34. The molecule has 0 unspecified atom stereocenters. The summed E-state index contributed by atoms with van der Waals surface area (Å²) in [5, 5.41) is 14.2. The second-order valence-electron chi connectivity index (χ2n) is 5.83. The summed E-state index contributed by atoms with van der Waals surface area (Å²) >= 11 is 0. The van der Waals surface area contributed by atoms with Crippen molar-refractivity contribution in [1.29, 1.82) is 5.41 Å². The SMILES string of the molecule is CNc1c(Nc2ccc(OC)c(F)c2)nc(-c2ccccc2)nc1C(C)=N. The summed E-state index contributed by atoms with van der Waals surface area (Å²) in [6, 6.07) is 14.1. The van der Waals surface area contributed by atoms with Crippen LogP contribution in [-0.4, -0.2) is 29.8 Å². The molecule has 0 atom stereocenters. The smallest absolute Gasteiger partial charge is 0.167 e. The lowest BCUT2D eigenvalue weighted by molar-refractivity contribution is 0.386. The van der Waals surface area contributed by atoms with Gasteiger partial charge < -0.3 is 20.8 Å². The van der Waals surface area contributed by atoms with Gasteiger partial charge in [-0.2, -0.15) is 0 Å². The first-order valence-corrected chi connectivity index (χ1v) is 8.34. The molecule has 27 heavy (non-hydrogen) atoms. The molecule has 0 radical (unpaired) electrons. The zero-order valence-corrected chi connectivity index (χ0v) is 15.3. The van der Waals surface area contributed by atoms with Crippen LogP contribution in [0, 0.1) is 11.2 Å². The summed E-state index contributed by atoms with van der Waals surface area (Å²) < 4.78 is 19.0. The van der Waals surface area contributed by atoms with E-state index >= 15 is 0 Å². The molecule has 0 aliphatic heterocycles. The van der Waals surface area contributed by atoms with E-state index in [1.165, 1.54) is 13.2 Å². The molecule has 138 valence electrons. The fourth-order valence-electron chi connectivity index (χ4n) is 2.66. The summed E-state index contributed by atoms with van der Waals surface area (Å²) in [6.45, 7) is 1.66. The number of anilines is 3. The third kappa shape index (κ3) is 3.87. The second-order valence-corrected chi connectivity index (χ2v) is 5.83. The number of methoxy groups -OCH3 is 1. The summed E-state index contributed by atoms with van der Waals surface area (Å²) in [7, 11) is 3.15. The van der Waals surface area contributed by atoms with Crippen LogP contribution in [0.5, 0.6) is 5.75 Å². The van der Waals surface area contributed by atoms with Gasteiger partial charge in [0.2, 0.25) is 0 Å². The highest BCUT2D eigenvalue weighted by Crippen LogP contribution is 2.31. The van der Waals surface area contributed by atoms with Gasteiger partial charge in [0.05, 0.1) is 12.8 Å². The minimum absolute atomic E-state index is 0.165. The zero-order valence-electron chi connectivity index (χ0n) is 15.3. The third-order valence-electron chi connectivity index (χ3n) is 3.96. The van der Waals surface area contributed by atoms with Gasteiger partial charge in [-0.25, -0.2) is 14.4 Å². The fourth-order valence-corrected chi connectivity index (χ4v) is 2.66. The highest BCUT2D eigenvalue weighted by atomic mass is 19.1. The monoisotopic (exact) mass is 365 g/mol. The van der Waals surface area contributed by atoms with Crippen molar-refractivity contribution >= 4 is 22.9 Å². The molecule has 0 fully saturated rings. The Kier molecular flexibility index (Phi) is 5.30. The maximum atomic E-state index is 14.0. The average molecular weight is 365 g/mol. The summed E-state index contributed by atoms with van der Waals surface area (Å²) in [6.07, 6.45) is 0. The first-order chi connectivity index (χ1) is 13.0. The molecule has 6 nitrogen and oxygen atoms in total. The van der Waals surface area contributed by atoms with Gasteiger partial charge in [0.1, 0.15) is 11.4 Å². The number of aromatic nitrogens is 2. The van der Waals surface area contributed by atoms with Gasteiger partial charge in [0.25, 0.3) is 0 Å². The number of hydrogen-bond donors (Lipinski definition) is 3. The van der Waals surface area contributed by atoms with E-state index in [4.69, 9.17) is 10.1 Å². The Hall–Kier alpha value is -3.48. The van der Waals surface area contributed by atoms with Gasteiger partial charge in [-0.1, -0.05) is 30.3 Å². The van der Waals surface area contributed by atoms with E-state index in [-0.39, 0.29) is 5.75 Å². The molecule has 0 saturated heterocycles. The van der Waals surface area contributed by atoms with Crippen molar-refractivity contribution in [2.75, 3.05) is 24.8 Å². The molecule has 3 rings (SSSR count). The molecule has 0 aliphatic rings. The molecule has 1 heterocycles. The largest absolute Gasteiger partial charge is 0.494 e. The second kappa shape index (κ2) is 7.82. The highest BCUT2D eigenvalue weighted by molar-refractivity contribution is 6.02. The average Bonchev–Trinajstić information content (AvgIpc) is 2.68. The van der Waals surface area contributed by atoms with E-state index in [9.17, 15) is 4.39 Å². The molecule has 3 N–H and O–H groups in total. The Morgan fingerprint density at radius 2 is 1.85 bits per heavy atom. The fraction of sp³-hybridized carbons (Fsp3) is 0.150. The lowest BCUT2D eigenvalue weighted by Gasteiger charge is -2.16. The number of hydrogen-bond acceptors (Lipinski definition) is 6. The Morgan fingerprint density at radius 1 is 1.11 bits per heavy atom. The van der Waals surface area contributed by atoms with Crippen LogP contribution < -0.4 is 15.4 Å². The Labute approximate surface area is 157 Å². The van der Waals surface area contributed by atoms with Crippen LogP contribution in [0.25, 0.3) is 11.4 Å². The number of ether oxygens (including phenoxy) is 1. The summed E-state index contributed by atoms with van der Waals surface area (Å²) in [5.74, 6) is 0.623. The molecule has 0 saturated carbocycles. The predicted octanol–water partition coefficient (Wildman–Crippen LogP) is 4.46. The molecule has 0 spiro atoms. The van der Waals surface area contributed by atoms with Crippen LogP contribution in [0.4, 0.5) is 21.6 Å². The quantitative estimate of drug-likeness (QED) is 0.562. The third-order valence-corrected chi connectivity index (χ3v) is 3.96. The van der Waals surface area contributed by atoms with Crippen LogP contribution >= 0.6 is 0 Å². The highest BCUT2D eigenvalue weighted by Gasteiger charge is 2.17. The Morgan fingerprint density at radius 3 is 2.44 bits per heavy atom. The van der Waals surface area contributed by atoms with E-state index in [0.717, 1.165) is 5.56 Å². The van der Waals surface area contributed by atoms with E-state index in [1.54, 1.807) is 26.1 Å². The molecule has 2 aromatic carbocycles. The molecule has 3 aromatic rings. The lowest BCUT2D eigenvalue weighted by atomic mass is 10.1. The first kappa shape index (κ1) is 18.3. The van der Waals surface area contributed by atoms with Crippen molar-refractivity contribution < 1.29 is 9.13 Å². The van der Waals surface area contributed by atoms with Crippen molar-refractivity contribution in [2.24, 2.45) is 0 Å². The minimum atomic E-state index is -0.477. The van der Waals surface area contributed by atoms with Gasteiger partial charge in [-0.15, -0.1) is 0 Å².